The highest BCUT2D eigenvalue weighted by Crippen LogP contribution is 2.36. The fraction of sp³-hybridized carbons (Fsp3) is 0.364. The van der Waals surface area contributed by atoms with Gasteiger partial charge >= 0.3 is 6.18 Å². The van der Waals surface area contributed by atoms with E-state index in [0.717, 1.165) is 11.1 Å². The number of rotatable bonds is 6. The van der Waals surface area contributed by atoms with E-state index >= 15 is 0 Å². The first-order valence-corrected chi connectivity index (χ1v) is 10.3. The smallest absolute Gasteiger partial charge is 0.345 e. The zero-order valence-corrected chi connectivity index (χ0v) is 18.1. The zero-order chi connectivity index (χ0) is 23.8. The number of anilines is 2. The lowest BCUT2D eigenvalue weighted by Crippen LogP contribution is -2.52. The van der Waals surface area contributed by atoms with Gasteiger partial charge in [-0.1, -0.05) is 12.1 Å². The molecule has 1 aromatic carbocycles. The summed E-state index contributed by atoms with van der Waals surface area (Å²) in [5.74, 6) is -0.188. The predicted octanol–water partition coefficient (Wildman–Crippen LogP) is 3.38. The first-order valence-electron chi connectivity index (χ1n) is 10.3. The van der Waals surface area contributed by atoms with Crippen LogP contribution in [0.3, 0.4) is 0 Å². The summed E-state index contributed by atoms with van der Waals surface area (Å²) < 4.78 is 53.7. The van der Waals surface area contributed by atoms with Gasteiger partial charge < -0.3 is 9.80 Å². The van der Waals surface area contributed by atoms with Crippen molar-refractivity contribution in [3.8, 4) is 0 Å². The summed E-state index contributed by atoms with van der Waals surface area (Å²) in [4.78, 5) is 23.6. The topological polar surface area (TPSA) is 67.2 Å². The lowest BCUT2D eigenvalue weighted by molar-refractivity contribution is -0.146. The summed E-state index contributed by atoms with van der Waals surface area (Å²) in [6, 6.07) is 4.82. The van der Waals surface area contributed by atoms with Crippen molar-refractivity contribution in [2.24, 2.45) is 0 Å². The van der Waals surface area contributed by atoms with Gasteiger partial charge in [-0.15, -0.1) is 0 Å². The Morgan fingerprint density at radius 3 is 2.45 bits per heavy atom. The monoisotopic (exact) mass is 462 g/mol. The number of fused-ring (bicyclic) bond motifs is 1. The molecule has 1 aliphatic rings. The van der Waals surface area contributed by atoms with Crippen molar-refractivity contribution in [2.75, 3.05) is 23.9 Å². The average Bonchev–Trinajstić information content (AvgIpc) is 3.22. The molecule has 0 fully saturated rings. The molecule has 1 aliphatic heterocycles. The first-order chi connectivity index (χ1) is 15.6. The van der Waals surface area contributed by atoms with Gasteiger partial charge in [-0.3, -0.25) is 9.48 Å². The Hall–Kier alpha value is -3.50. The third-order valence-corrected chi connectivity index (χ3v) is 5.59. The number of carbonyl (C=O) groups is 1. The molecule has 174 valence electrons. The molecule has 4 rings (SSSR count). The highest BCUT2D eigenvalue weighted by Gasteiger charge is 2.43. The molecular formula is C22H22F4N6O. The molecule has 3 heterocycles. The molecule has 1 atom stereocenters. The fourth-order valence-electron chi connectivity index (χ4n) is 3.77. The number of likely N-dealkylation sites (N-methyl/N-ethyl adjacent to an activating group) is 2. The second kappa shape index (κ2) is 8.80. The lowest BCUT2D eigenvalue weighted by atomic mass is 10.1. The van der Waals surface area contributed by atoms with E-state index in [2.05, 4.69) is 15.1 Å². The van der Waals surface area contributed by atoms with Crippen LogP contribution in [-0.2, 0) is 24.2 Å². The maximum atomic E-state index is 13.0. The van der Waals surface area contributed by atoms with E-state index < -0.39 is 24.5 Å². The van der Waals surface area contributed by atoms with Crippen LogP contribution in [0.15, 0.2) is 42.9 Å². The third-order valence-electron chi connectivity index (χ3n) is 5.59. The van der Waals surface area contributed by atoms with Gasteiger partial charge in [0.05, 0.1) is 25.4 Å². The van der Waals surface area contributed by atoms with E-state index in [0.29, 0.717) is 36.7 Å². The molecule has 1 unspecified atom stereocenters. The van der Waals surface area contributed by atoms with Crippen molar-refractivity contribution in [3.05, 3.63) is 65.6 Å². The van der Waals surface area contributed by atoms with E-state index in [1.807, 2.05) is 6.20 Å². The van der Waals surface area contributed by atoms with Crippen molar-refractivity contribution >= 4 is 17.4 Å². The minimum atomic E-state index is -4.48. The Balaban J connectivity index is 1.45. The van der Waals surface area contributed by atoms with Crippen LogP contribution in [0.25, 0.3) is 0 Å². The maximum absolute atomic E-state index is 13.0. The Bertz CT molecular complexity index is 1140. The summed E-state index contributed by atoms with van der Waals surface area (Å²) in [6.45, 7) is 0.501. The van der Waals surface area contributed by atoms with E-state index in [1.165, 1.54) is 42.2 Å². The molecule has 3 aromatic rings. The SMILES string of the molecule is CN1C(=O)C(CC(F)(F)F)N(C)c2nc(CCc3cnn(Cc4ccc(F)cc4)c3)ncc21. The molecule has 0 aliphatic carbocycles. The second-order valence-electron chi connectivity index (χ2n) is 8.01. The van der Waals surface area contributed by atoms with Crippen molar-refractivity contribution in [1.29, 1.82) is 0 Å². The third kappa shape index (κ3) is 5.12. The van der Waals surface area contributed by atoms with Crippen LogP contribution in [0.1, 0.15) is 23.4 Å². The highest BCUT2D eigenvalue weighted by molar-refractivity contribution is 6.04. The van der Waals surface area contributed by atoms with Gasteiger partial charge in [0.1, 0.15) is 23.4 Å². The molecule has 11 heteroatoms. The number of carbonyl (C=O) groups excluding carboxylic acids is 1. The standard InChI is InChI=1S/C22H22F4N6O/c1-30-17(9-22(24,25)26)21(33)31(2)18-11-27-19(29-20(18)30)8-5-15-10-28-32(13-15)12-14-3-6-16(23)7-4-14/h3-4,6-7,10-11,13,17H,5,8-9,12H2,1-2H3. The van der Waals surface area contributed by atoms with Crippen LogP contribution in [0.2, 0.25) is 0 Å². The fourth-order valence-corrected chi connectivity index (χ4v) is 3.77. The molecule has 0 spiro atoms. The molecule has 33 heavy (non-hydrogen) atoms. The number of hydrogen-bond acceptors (Lipinski definition) is 5. The van der Waals surface area contributed by atoms with Crippen LogP contribution < -0.4 is 9.80 Å². The van der Waals surface area contributed by atoms with Gasteiger partial charge in [0.15, 0.2) is 5.82 Å². The van der Waals surface area contributed by atoms with Gasteiger partial charge in [-0.2, -0.15) is 18.3 Å². The first kappa shape index (κ1) is 22.7. The summed E-state index contributed by atoms with van der Waals surface area (Å²) in [5.41, 5.74) is 2.23. The van der Waals surface area contributed by atoms with Gasteiger partial charge in [0.2, 0.25) is 5.91 Å². The van der Waals surface area contributed by atoms with E-state index in [9.17, 15) is 22.4 Å². The summed E-state index contributed by atoms with van der Waals surface area (Å²) in [7, 11) is 2.87. The quantitative estimate of drug-likeness (QED) is 0.526. The van der Waals surface area contributed by atoms with Gasteiger partial charge in [-0.25, -0.2) is 14.4 Å². The number of nitrogens with zero attached hydrogens (tertiary/aromatic N) is 6. The number of aryl methyl sites for hydroxylation is 2. The maximum Gasteiger partial charge on any atom is 0.391 e. The summed E-state index contributed by atoms with van der Waals surface area (Å²) in [6.07, 6.45) is 0.362. The van der Waals surface area contributed by atoms with Crippen molar-refractivity contribution in [2.45, 2.75) is 38.0 Å². The van der Waals surface area contributed by atoms with Crippen molar-refractivity contribution in [3.63, 3.8) is 0 Å². The molecule has 1 amide bonds. The predicted molar refractivity (Wildman–Crippen MR) is 113 cm³/mol. The van der Waals surface area contributed by atoms with Crippen LogP contribution >= 0.6 is 0 Å². The second-order valence-corrected chi connectivity index (χ2v) is 8.01. The number of halogens is 4. The Kier molecular flexibility index (Phi) is 6.05. The van der Waals surface area contributed by atoms with Crippen LogP contribution in [0, 0.1) is 5.82 Å². The van der Waals surface area contributed by atoms with Crippen LogP contribution in [-0.4, -0.2) is 52.0 Å². The molecule has 0 saturated carbocycles. The van der Waals surface area contributed by atoms with Gasteiger partial charge in [0.25, 0.3) is 0 Å². The summed E-state index contributed by atoms with van der Waals surface area (Å²) in [5, 5.41) is 4.31. The molecular weight excluding hydrogens is 440 g/mol. The molecule has 0 N–H and O–H groups in total. The zero-order valence-electron chi connectivity index (χ0n) is 18.1. The van der Waals surface area contributed by atoms with Crippen LogP contribution in [0.5, 0.6) is 0 Å². The van der Waals surface area contributed by atoms with E-state index in [-0.39, 0.29) is 5.82 Å². The number of amides is 1. The number of benzene rings is 1. The normalized spacial score (nSPS) is 16.3. The molecule has 0 saturated heterocycles. The van der Waals surface area contributed by atoms with Gasteiger partial charge in [0, 0.05) is 26.7 Å². The largest absolute Gasteiger partial charge is 0.391 e. The Morgan fingerprint density at radius 2 is 1.76 bits per heavy atom. The lowest BCUT2D eigenvalue weighted by Gasteiger charge is -2.38. The molecule has 0 radical (unpaired) electrons. The van der Waals surface area contributed by atoms with Crippen molar-refractivity contribution < 1.29 is 22.4 Å². The van der Waals surface area contributed by atoms with Gasteiger partial charge in [-0.05, 0) is 29.7 Å². The molecule has 0 bridgehead atoms. The molecule has 2 aromatic heterocycles. The van der Waals surface area contributed by atoms with E-state index in [1.54, 1.807) is 23.0 Å². The average molecular weight is 462 g/mol. The number of hydrogen-bond donors (Lipinski definition) is 0. The Morgan fingerprint density at radius 1 is 1.03 bits per heavy atom. The Labute approximate surface area is 187 Å². The van der Waals surface area contributed by atoms with Crippen LogP contribution in [0.4, 0.5) is 29.1 Å². The minimum Gasteiger partial charge on any atom is -0.345 e. The van der Waals surface area contributed by atoms with E-state index in [4.69, 9.17) is 0 Å². The number of aromatic nitrogens is 4. The molecule has 7 nitrogen and oxygen atoms in total. The highest BCUT2D eigenvalue weighted by atomic mass is 19.4. The van der Waals surface area contributed by atoms with Crippen molar-refractivity contribution in [1.82, 2.24) is 19.7 Å². The summed E-state index contributed by atoms with van der Waals surface area (Å²) >= 11 is 0. The number of alkyl halides is 3. The minimum absolute atomic E-state index is 0.295.